The maximum Gasteiger partial charge on any atom is 0.168 e. The van der Waals surface area contributed by atoms with E-state index in [9.17, 15) is 4.79 Å². The molecule has 0 radical (unpaired) electrons. The summed E-state index contributed by atoms with van der Waals surface area (Å²) in [5, 5.41) is 2.75. The van der Waals surface area contributed by atoms with Crippen molar-refractivity contribution >= 4 is 6.29 Å². The van der Waals surface area contributed by atoms with Gasteiger partial charge in [0.05, 0.1) is 0 Å². The summed E-state index contributed by atoms with van der Waals surface area (Å²) in [4.78, 5) is 13.9. The van der Waals surface area contributed by atoms with Crippen molar-refractivity contribution in [3.8, 4) is 0 Å². The second kappa shape index (κ2) is 11.8. The third-order valence-electron chi connectivity index (χ3n) is 1.05. The lowest BCUT2D eigenvalue weighted by Crippen LogP contribution is -1.89. The normalized spacial score (nSPS) is 7.50. The molecule has 0 unspecified atom stereocenters. The van der Waals surface area contributed by atoms with Gasteiger partial charge in [-0.05, 0) is 32.6 Å². The van der Waals surface area contributed by atoms with Crippen LogP contribution in [0.3, 0.4) is 0 Å². The van der Waals surface area contributed by atoms with E-state index in [-0.39, 0.29) is 0 Å². The molecule has 0 aliphatic carbocycles. The first-order chi connectivity index (χ1) is 6.74. The van der Waals surface area contributed by atoms with E-state index in [0.717, 1.165) is 11.8 Å². The lowest BCUT2D eigenvalue weighted by molar-refractivity contribution is 0.111. The zero-order chi connectivity index (χ0) is 11.4. The molecule has 0 aromatic carbocycles. The maximum absolute atomic E-state index is 10.1. The van der Waals surface area contributed by atoms with Gasteiger partial charge in [0.2, 0.25) is 0 Å². The van der Waals surface area contributed by atoms with Crippen molar-refractivity contribution in [2.24, 2.45) is 0 Å². The SMILES string of the molecule is CC.CNC.Cc1ccc(C=O)nc1. The summed E-state index contributed by atoms with van der Waals surface area (Å²) in [7, 11) is 3.75. The standard InChI is InChI=1S/C7H7NO.C2H7N.C2H6/c1-6-2-3-7(5-9)8-4-6;1-3-2;1-2/h2-5H,1H3;3H,1-2H3;1-2H3. The molecule has 1 aromatic rings. The number of hydrogen-bond donors (Lipinski definition) is 1. The van der Waals surface area contributed by atoms with Crippen LogP contribution in [0.25, 0.3) is 0 Å². The van der Waals surface area contributed by atoms with E-state index in [1.807, 2.05) is 40.9 Å². The molecule has 0 aliphatic heterocycles. The fraction of sp³-hybridized carbons (Fsp3) is 0.455. The van der Waals surface area contributed by atoms with Gasteiger partial charge in [-0.1, -0.05) is 19.9 Å². The highest BCUT2D eigenvalue weighted by Crippen LogP contribution is 1.94. The summed E-state index contributed by atoms with van der Waals surface area (Å²) < 4.78 is 0. The van der Waals surface area contributed by atoms with Crippen molar-refractivity contribution in [3.63, 3.8) is 0 Å². The first kappa shape index (κ1) is 15.3. The molecule has 80 valence electrons. The van der Waals surface area contributed by atoms with Crippen LogP contribution in [0.4, 0.5) is 0 Å². The summed E-state index contributed by atoms with van der Waals surface area (Å²) in [5.41, 5.74) is 1.56. The molecule has 14 heavy (non-hydrogen) atoms. The monoisotopic (exact) mass is 196 g/mol. The molecule has 0 bridgehead atoms. The molecule has 0 fully saturated rings. The molecule has 0 atom stereocenters. The fourth-order valence-electron chi connectivity index (χ4n) is 0.549. The first-order valence-electron chi connectivity index (χ1n) is 4.71. The van der Waals surface area contributed by atoms with Crippen LogP contribution < -0.4 is 5.32 Å². The molecule has 3 heteroatoms. The van der Waals surface area contributed by atoms with Crippen molar-refractivity contribution in [1.29, 1.82) is 0 Å². The van der Waals surface area contributed by atoms with Gasteiger partial charge < -0.3 is 5.32 Å². The average molecular weight is 196 g/mol. The Labute approximate surface area is 86.6 Å². The lowest BCUT2D eigenvalue weighted by atomic mass is 10.3. The van der Waals surface area contributed by atoms with Crippen LogP contribution in [0.1, 0.15) is 29.9 Å². The molecule has 1 rings (SSSR count). The second-order valence-electron chi connectivity index (χ2n) is 2.38. The zero-order valence-electron chi connectivity index (χ0n) is 9.66. The van der Waals surface area contributed by atoms with Crippen LogP contribution in [0.2, 0.25) is 0 Å². The van der Waals surface area contributed by atoms with Crippen LogP contribution in [0, 0.1) is 6.92 Å². The number of carbonyl (C=O) groups excluding carboxylic acids is 1. The van der Waals surface area contributed by atoms with E-state index in [4.69, 9.17) is 0 Å². The molecule has 0 amide bonds. The maximum atomic E-state index is 10.1. The number of hydrogen-bond acceptors (Lipinski definition) is 3. The van der Waals surface area contributed by atoms with Gasteiger partial charge in [0.15, 0.2) is 6.29 Å². The number of nitrogens with one attached hydrogen (secondary N) is 1. The topological polar surface area (TPSA) is 42.0 Å². The number of aldehydes is 1. The highest BCUT2D eigenvalue weighted by Gasteiger charge is 1.86. The van der Waals surface area contributed by atoms with Gasteiger partial charge in [-0.2, -0.15) is 0 Å². The van der Waals surface area contributed by atoms with E-state index >= 15 is 0 Å². The molecule has 0 saturated heterocycles. The van der Waals surface area contributed by atoms with Gasteiger partial charge in [-0.25, -0.2) is 0 Å². The van der Waals surface area contributed by atoms with Gasteiger partial charge in [-0.3, -0.25) is 9.78 Å². The van der Waals surface area contributed by atoms with E-state index in [1.54, 1.807) is 12.3 Å². The molecule has 0 aliphatic rings. The summed E-state index contributed by atoms with van der Waals surface area (Å²) in [6, 6.07) is 3.55. The lowest BCUT2D eigenvalue weighted by Gasteiger charge is -1.88. The molecular formula is C11H20N2O. The quantitative estimate of drug-likeness (QED) is 0.699. The van der Waals surface area contributed by atoms with Gasteiger partial charge in [0, 0.05) is 6.20 Å². The van der Waals surface area contributed by atoms with Crippen LogP contribution in [-0.2, 0) is 0 Å². The predicted molar refractivity (Wildman–Crippen MR) is 60.7 cm³/mol. The Kier molecular flexibility index (Phi) is 12.8. The first-order valence-corrected chi connectivity index (χ1v) is 4.71. The summed E-state index contributed by atoms with van der Waals surface area (Å²) >= 11 is 0. The van der Waals surface area contributed by atoms with Crippen molar-refractivity contribution in [2.75, 3.05) is 14.1 Å². The molecule has 3 nitrogen and oxygen atoms in total. The van der Waals surface area contributed by atoms with Gasteiger partial charge in [-0.15, -0.1) is 0 Å². The van der Waals surface area contributed by atoms with Crippen molar-refractivity contribution in [2.45, 2.75) is 20.8 Å². The Morgan fingerprint density at radius 3 is 2.07 bits per heavy atom. The number of aromatic nitrogens is 1. The Hall–Kier alpha value is -1.22. The predicted octanol–water partition coefficient (Wildman–Crippen LogP) is 2.06. The smallest absolute Gasteiger partial charge is 0.168 e. The third-order valence-corrected chi connectivity index (χ3v) is 1.05. The zero-order valence-corrected chi connectivity index (χ0v) is 9.66. The Bertz CT molecular complexity index is 219. The number of rotatable bonds is 1. The molecule has 0 spiro atoms. The van der Waals surface area contributed by atoms with E-state index in [1.165, 1.54) is 0 Å². The summed E-state index contributed by atoms with van der Waals surface area (Å²) in [5.74, 6) is 0. The minimum atomic E-state index is 0.487. The molecule has 1 heterocycles. The fourth-order valence-corrected chi connectivity index (χ4v) is 0.549. The van der Waals surface area contributed by atoms with Gasteiger partial charge in [0.25, 0.3) is 0 Å². The Balaban J connectivity index is 0. The van der Waals surface area contributed by atoms with Crippen LogP contribution in [0.15, 0.2) is 18.3 Å². The number of nitrogens with zero attached hydrogens (tertiary/aromatic N) is 1. The van der Waals surface area contributed by atoms with Crippen molar-refractivity contribution in [3.05, 3.63) is 29.6 Å². The van der Waals surface area contributed by atoms with E-state index in [0.29, 0.717) is 5.69 Å². The Morgan fingerprint density at radius 1 is 1.29 bits per heavy atom. The van der Waals surface area contributed by atoms with Crippen LogP contribution in [-0.4, -0.2) is 25.4 Å². The van der Waals surface area contributed by atoms with E-state index < -0.39 is 0 Å². The number of aryl methyl sites for hydroxylation is 1. The largest absolute Gasteiger partial charge is 0.323 e. The van der Waals surface area contributed by atoms with Gasteiger partial charge >= 0.3 is 0 Å². The highest BCUT2D eigenvalue weighted by molar-refractivity contribution is 5.71. The third kappa shape index (κ3) is 8.87. The van der Waals surface area contributed by atoms with Crippen molar-refractivity contribution < 1.29 is 4.79 Å². The molecule has 0 saturated carbocycles. The highest BCUT2D eigenvalue weighted by atomic mass is 16.1. The van der Waals surface area contributed by atoms with E-state index in [2.05, 4.69) is 10.3 Å². The van der Waals surface area contributed by atoms with Crippen LogP contribution >= 0.6 is 0 Å². The minimum absolute atomic E-state index is 0.487. The molecule has 1 N–H and O–H groups in total. The summed E-state index contributed by atoms with van der Waals surface area (Å²) in [6.07, 6.45) is 2.41. The molecule has 1 aromatic heterocycles. The van der Waals surface area contributed by atoms with Crippen LogP contribution in [0.5, 0.6) is 0 Å². The molecular weight excluding hydrogens is 176 g/mol. The second-order valence-corrected chi connectivity index (χ2v) is 2.38. The minimum Gasteiger partial charge on any atom is -0.323 e. The Morgan fingerprint density at radius 2 is 1.79 bits per heavy atom. The number of pyridine rings is 1. The summed E-state index contributed by atoms with van der Waals surface area (Å²) in [6.45, 7) is 5.93. The van der Waals surface area contributed by atoms with Crippen molar-refractivity contribution in [1.82, 2.24) is 10.3 Å². The van der Waals surface area contributed by atoms with Gasteiger partial charge in [0.1, 0.15) is 5.69 Å². The number of carbonyl (C=O) groups is 1. The average Bonchev–Trinajstić information content (AvgIpc) is 2.23.